The number of nitrogens with one attached hydrogen (secondary N) is 2. The summed E-state index contributed by atoms with van der Waals surface area (Å²) in [4.78, 5) is 38.8. The van der Waals surface area contributed by atoms with Crippen molar-refractivity contribution in [2.75, 3.05) is 18.5 Å². The zero-order chi connectivity index (χ0) is 34.7. The Bertz CT molecular complexity index is 1730. The third-order valence-electron chi connectivity index (χ3n) is 8.65. The second-order valence-electron chi connectivity index (χ2n) is 14.0. The normalized spacial score (nSPS) is 20.3. The fraction of sp³-hybridized carbons (Fsp3) is 0.485. The zero-order valence-electron chi connectivity index (χ0n) is 26.3. The van der Waals surface area contributed by atoms with Gasteiger partial charge in [-0.05, 0) is 48.3 Å². The first-order valence-corrected chi connectivity index (χ1v) is 15.1. The summed E-state index contributed by atoms with van der Waals surface area (Å²) in [7, 11) is 0. The largest absolute Gasteiger partial charge is 0.418 e. The van der Waals surface area contributed by atoms with Crippen molar-refractivity contribution in [3.8, 4) is 5.69 Å². The second-order valence-corrected chi connectivity index (χ2v) is 14.0. The molecule has 0 saturated carbocycles. The van der Waals surface area contributed by atoms with Gasteiger partial charge >= 0.3 is 12.4 Å². The van der Waals surface area contributed by atoms with Crippen LogP contribution in [-0.2, 0) is 29.9 Å². The molecular weight excluding hydrogens is 630 g/mol. The van der Waals surface area contributed by atoms with Gasteiger partial charge in [0.05, 0.1) is 40.5 Å². The molecule has 1 saturated heterocycles. The molecular formula is C33H36F6N4O4. The van der Waals surface area contributed by atoms with E-state index in [1.54, 1.807) is 12.1 Å². The molecule has 14 heteroatoms. The average molecular weight is 667 g/mol. The van der Waals surface area contributed by atoms with Crippen LogP contribution in [0.25, 0.3) is 5.69 Å². The average Bonchev–Trinajstić information content (AvgIpc) is 3.66. The SMILES string of the molecule is CC1(C)CC(=O)c2c(C(F)(F)F)c[nH]c2C1.CC1(C)CC(=O)c2c(C(F)(F)F)cn(-c3ccc(C(N)=O)c(N[C@H]4CCOC4)c3)c2C1. The van der Waals surface area contributed by atoms with Crippen LogP contribution in [0.4, 0.5) is 32.0 Å². The molecule has 3 aromatic rings. The number of rotatable bonds is 4. The Morgan fingerprint density at radius 1 is 0.936 bits per heavy atom. The number of aromatic amines is 1. The number of fused-ring (bicyclic) bond motifs is 2. The van der Waals surface area contributed by atoms with E-state index in [9.17, 15) is 40.7 Å². The molecule has 0 spiro atoms. The van der Waals surface area contributed by atoms with Gasteiger partial charge < -0.3 is 25.3 Å². The number of hydrogen-bond donors (Lipinski definition) is 3. The van der Waals surface area contributed by atoms with Crippen LogP contribution in [0.1, 0.15) is 101 Å². The standard InChI is InChI=1S/C22H24F3N3O3.C11H12F3NO/c1-21(2)8-17-19(18(29)9-21)15(22(23,24)25)10-28(17)13-3-4-14(20(26)30)16(7-13)27-12-5-6-31-11-12;1-10(2)3-7-9(8(16)4-10)6(5-15-7)11(12,13)14/h3-4,7,10,12,27H,5-6,8-9,11H2,1-2H3,(H2,26,30);5,15H,3-4H2,1-2H3/t12-;/m0./s1. The molecule has 8 nitrogen and oxygen atoms in total. The number of Topliss-reactive ketones (excluding diaryl/α,β-unsaturated/α-hetero) is 2. The van der Waals surface area contributed by atoms with E-state index >= 15 is 0 Å². The molecule has 0 unspecified atom stereocenters. The molecule has 3 aliphatic rings. The Morgan fingerprint density at radius 2 is 1.55 bits per heavy atom. The lowest BCUT2D eigenvalue weighted by atomic mass is 9.75. The van der Waals surface area contributed by atoms with Gasteiger partial charge in [0.15, 0.2) is 11.6 Å². The highest BCUT2D eigenvalue weighted by atomic mass is 19.4. The molecule has 4 N–H and O–H groups in total. The summed E-state index contributed by atoms with van der Waals surface area (Å²) in [6, 6.07) is 4.61. The Labute approximate surface area is 267 Å². The van der Waals surface area contributed by atoms with E-state index < -0.39 is 46.4 Å². The van der Waals surface area contributed by atoms with E-state index in [-0.39, 0.29) is 41.0 Å². The highest BCUT2D eigenvalue weighted by molar-refractivity contribution is 6.01. The number of primary amides is 1. The summed E-state index contributed by atoms with van der Waals surface area (Å²) in [6.45, 7) is 8.52. The predicted molar refractivity (Wildman–Crippen MR) is 161 cm³/mol. The number of H-pyrrole nitrogens is 1. The number of amides is 1. The predicted octanol–water partition coefficient (Wildman–Crippen LogP) is 7.14. The van der Waals surface area contributed by atoms with Crippen molar-refractivity contribution < 1.29 is 45.5 Å². The monoisotopic (exact) mass is 666 g/mol. The summed E-state index contributed by atoms with van der Waals surface area (Å²) in [5, 5.41) is 3.21. The number of halogens is 6. The first-order valence-electron chi connectivity index (χ1n) is 15.1. The van der Waals surface area contributed by atoms with Crippen LogP contribution in [0.2, 0.25) is 0 Å². The van der Waals surface area contributed by atoms with Gasteiger partial charge in [-0.2, -0.15) is 26.3 Å². The van der Waals surface area contributed by atoms with E-state index in [0.29, 0.717) is 48.8 Å². The minimum Gasteiger partial charge on any atom is -0.379 e. The molecule has 1 aliphatic heterocycles. The molecule has 0 bridgehead atoms. The van der Waals surface area contributed by atoms with Gasteiger partial charge in [-0.3, -0.25) is 14.4 Å². The number of ketones is 2. The van der Waals surface area contributed by atoms with Crippen molar-refractivity contribution in [3.63, 3.8) is 0 Å². The summed E-state index contributed by atoms with van der Waals surface area (Å²) < 4.78 is 85.8. The van der Waals surface area contributed by atoms with Crippen LogP contribution < -0.4 is 11.1 Å². The molecule has 0 radical (unpaired) electrons. The molecule has 1 aromatic carbocycles. The maximum absolute atomic E-state index is 13.7. The number of alkyl halides is 6. The Morgan fingerprint density at radius 3 is 2.13 bits per heavy atom. The van der Waals surface area contributed by atoms with Gasteiger partial charge in [0, 0.05) is 54.6 Å². The number of nitrogens with zero attached hydrogens (tertiary/aromatic N) is 1. The van der Waals surface area contributed by atoms with Gasteiger partial charge in [-0.25, -0.2) is 0 Å². The molecule has 1 atom stereocenters. The van der Waals surface area contributed by atoms with Gasteiger partial charge in [0.25, 0.3) is 5.91 Å². The third-order valence-corrected chi connectivity index (χ3v) is 8.65. The van der Waals surface area contributed by atoms with Crippen molar-refractivity contribution in [2.45, 2.75) is 78.2 Å². The summed E-state index contributed by atoms with van der Waals surface area (Å²) >= 11 is 0. The zero-order valence-corrected chi connectivity index (χ0v) is 26.3. The quantitative estimate of drug-likeness (QED) is 0.256. The lowest BCUT2D eigenvalue weighted by molar-refractivity contribution is -0.138. The van der Waals surface area contributed by atoms with E-state index in [1.165, 1.54) is 10.6 Å². The lowest BCUT2D eigenvalue weighted by Crippen LogP contribution is -2.29. The van der Waals surface area contributed by atoms with Crippen molar-refractivity contribution in [1.29, 1.82) is 0 Å². The maximum atomic E-state index is 13.7. The van der Waals surface area contributed by atoms with E-state index in [4.69, 9.17) is 10.5 Å². The number of carbonyl (C=O) groups excluding carboxylic acids is 3. The topological polar surface area (TPSA) is 119 Å². The maximum Gasteiger partial charge on any atom is 0.418 e. The number of nitrogens with two attached hydrogens (primary N) is 1. The van der Waals surface area contributed by atoms with Gasteiger partial charge in [-0.1, -0.05) is 27.7 Å². The van der Waals surface area contributed by atoms with Crippen LogP contribution >= 0.6 is 0 Å². The van der Waals surface area contributed by atoms with E-state index in [0.717, 1.165) is 18.8 Å². The van der Waals surface area contributed by atoms with Gasteiger partial charge in [-0.15, -0.1) is 0 Å². The molecule has 1 amide bonds. The van der Waals surface area contributed by atoms with Crippen molar-refractivity contribution in [2.24, 2.45) is 16.6 Å². The fourth-order valence-corrected chi connectivity index (χ4v) is 6.61. The number of aromatic nitrogens is 2. The van der Waals surface area contributed by atoms with Crippen LogP contribution in [0, 0.1) is 10.8 Å². The number of carbonyl (C=O) groups is 3. The number of ether oxygens (including phenoxy) is 1. The molecule has 47 heavy (non-hydrogen) atoms. The second kappa shape index (κ2) is 11.9. The first kappa shape index (κ1) is 34.3. The van der Waals surface area contributed by atoms with Crippen LogP contribution in [0.15, 0.2) is 30.6 Å². The Kier molecular flexibility index (Phi) is 8.65. The lowest BCUT2D eigenvalue weighted by Gasteiger charge is -2.30. The smallest absolute Gasteiger partial charge is 0.379 e. The van der Waals surface area contributed by atoms with E-state index in [1.807, 2.05) is 27.7 Å². The van der Waals surface area contributed by atoms with Gasteiger partial charge in [0.2, 0.25) is 0 Å². The summed E-state index contributed by atoms with van der Waals surface area (Å²) in [6.07, 6.45) is -5.48. The van der Waals surface area contributed by atoms with Crippen LogP contribution in [0.3, 0.4) is 0 Å². The molecule has 254 valence electrons. The van der Waals surface area contributed by atoms with Crippen molar-refractivity contribution >= 4 is 23.2 Å². The highest BCUT2D eigenvalue weighted by Gasteiger charge is 2.44. The molecule has 3 heterocycles. The molecule has 1 fully saturated rings. The van der Waals surface area contributed by atoms with Gasteiger partial charge in [0.1, 0.15) is 0 Å². The third kappa shape index (κ3) is 7.12. The number of benzene rings is 1. The van der Waals surface area contributed by atoms with Crippen molar-refractivity contribution in [1.82, 2.24) is 9.55 Å². The molecule has 6 rings (SSSR count). The number of hydrogen-bond acceptors (Lipinski definition) is 5. The van der Waals surface area contributed by atoms with E-state index in [2.05, 4.69) is 10.3 Å². The van der Waals surface area contributed by atoms with Crippen LogP contribution in [0.5, 0.6) is 0 Å². The highest BCUT2D eigenvalue weighted by Crippen LogP contribution is 2.44. The molecule has 2 aromatic heterocycles. The first-order chi connectivity index (χ1) is 21.7. The summed E-state index contributed by atoms with van der Waals surface area (Å²) in [5.74, 6) is -1.57. The minimum absolute atomic E-state index is 0.0295. The van der Waals surface area contributed by atoms with Crippen LogP contribution in [-0.4, -0.2) is 46.3 Å². The Balaban J connectivity index is 0.000000227. The Hall–Kier alpha value is -4.07. The summed E-state index contributed by atoms with van der Waals surface area (Å²) in [5.41, 5.74) is 4.42. The molecule has 2 aliphatic carbocycles. The fourth-order valence-electron chi connectivity index (χ4n) is 6.61. The minimum atomic E-state index is -4.65. The number of anilines is 1. The van der Waals surface area contributed by atoms with Crippen molar-refractivity contribution in [3.05, 3.63) is 69.8 Å².